The average Bonchev–Trinajstić information content (AvgIpc) is 2.97. The summed E-state index contributed by atoms with van der Waals surface area (Å²) in [4.78, 5) is 28.5. The standard InChI is InChI=1S/C30H45ClFN3O5/c1-40-18-6-5-15-30(39,24-12-7-13-25(31)27(24)32)22-11-8-16-34(19-22)28(36)33-26-20-35(29(37)38)17-14-23(26)21-9-3-2-4-10-21/h7,12-13,21-23,26,39H,2-6,8-11,14-20H2,1H3,(H,33,36)(H,37,38)/t22?,23?,26?,30-/m0/s1. The summed E-state index contributed by atoms with van der Waals surface area (Å²) in [6, 6.07) is 4.22. The fourth-order valence-corrected chi connectivity index (χ4v) is 7.44. The third-order valence-corrected chi connectivity index (χ3v) is 9.75. The second-order valence-corrected chi connectivity index (χ2v) is 12.3. The van der Waals surface area contributed by atoms with Crippen LogP contribution in [0.2, 0.25) is 5.02 Å². The molecular weight excluding hydrogens is 537 g/mol. The first-order valence-electron chi connectivity index (χ1n) is 14.9. The molecule has 10 heteroatoms. The van der Waals surface area contributed by atoms with Crippen molar-refractivity contribution in [2.75, 3.05) is 39.9 Å². The van der Waals surface area contributed by atoms with E-state index in [2.05, 4.69) is 5.32 Å². The van der Waals surface area contributed by atoms with Crippen LogP contribution in [-0.2, 0) is 10.3 Å². The first-order chi connectivity index (χ1) is 19.2. The van der Waals surface area contributed by atoms with Crippen molar-refractivity contribution in [2.45, 2.75) is 82.3 Å². The van der Waals surface area contributed by atoms with E-state index in [-0.39, 0.29) is 47.6 Å². The molecule has 3 unspecified atom stereocenters. The molecular formula is C30H45ClFN3O5. The number of hydrogen-bond donors (Lipinski definition) is 3. The predicted octanol–water partition coefficient (Wildman–Crippen LogP) is 5.85. The van der Waals surface area contributed by atoms with Gasteiger partial charge in [-0.15, -0.1) is 0 Å². The molecule has 3 aliphatic rings. The van der Waals surface area contributed by atoms with Crippen LogP contribution in [0.1, 0.15) is 76.2 Å². The summed E-state index contributed by atoms with van der Waals surface area (Å²) in [7, 11) is 1.63. The molecule has 0 radical (unpaired) electrons. The van der Waals surface area contributed by atoms with Gasteiger partial charge in [-0.2, -0.15) is 0 Å². The fourth-order valence-electron chi connectivity index (χ4n) is 7.26. The zero-order valence-corrected chi connectivity index (χ0v) is 24.4. The van der Waals surface area contributed by atoms with Gasteiger partial charge in [-0.05, 0) is 56.4 Å². The molecule has 2 heterocycles. The normalized spacial score (nSPS) is 25.9. The zero-order chi connectivity index (χ0) is 28.7. The van der Waals surface area contributed by atoms with Crippen LogP contribution in [0.25, 0.3) is 0 Å². The van der Waals surface area contributed by atoms with Crippen molar-refractivity contribution in [3.8, 4) is 0 Å². The molecule has 1 aliphatic carbocycles. The Labute approximate surface area is 242 Å². The maximum Gasteiger partial charge on any atom is 0.407 e. The van der Waals surface area contributed by atoms with Gasteiger partial charge in [0.1, 0.15) is 5.82 Å². The van der Waals surface area contributed by atoms with E-state index in [4.69, 9.17) is 16.3 Å². The number of unbranched alkanes of at least 4 members (excludes halogenated alkanes) is 1. The lowest BCUT2D eigenvalue weighted by Gasteiger charge is -2.45. The Morgan fingerprint density at radius 1 is 1.07 bits per heavy atom. The maximum absolute atomic E-state index is 15.3. The molecule has 3 fully saturated rings. The number of carboxylic acid groups (broad SMARTS) is 1. The smallest absolute Gasteiger partial charge is 0.407 e. The second kappa shape index (κ2) is 14.2. The third kappa shape index (κ3) is 7.21. The van der Waals surface area contributed by atoms with Gasteiger partial charge in [-0.3, -0.25) is 0 Å². The highest BCUT2D eigenvalue weighted by atomic mass is 35.5. The van der Waals surface area contributed by atoms with Gasteiger partial charge in [-0.1, -0.05) is 55.8 Å². The molecule has 224 valence electrons. The molecule has 3 amide bonds. The topological polar surface area (TPSA) is 102 Å². The summed E-state index contributed by atoms with van der Waals surface area (Å²) >= 11 is 6.12. The third-order valence-electron chi connectivity index (χ3n) is 9.46. The minimum atomic E-state index is -1.49. The van der Waals surface area contributed by atoms with E-state index in [1.165, 1.54) is 30.2 Å². The number of carbonyl (C=O) groups is 2. The van der Waals surface area contributed by atoms with E-state index in [0.29, 0.717) is 51.3 Å². The van der Waals surface area contributed by atoms with Crippen LogP contribution < -0.4 is 5.32 Å². The van der Waals surface area contributed by atoms with Crippen molar-refractivity contribution >= 4 is 23.7 Å². The van der Waals surface area contributed by atoms with Crippen molar-refractivity contribution in [3.63, 3.8) is 0 Å². The van der Waals surface area contributed by atoms with E-state index < -0.39 is 17.5 Å². The van der Waals surface area contributed by atoms with Gasteiger partial charge in [0.05, 0.1) is 16.7 Å². The van der Waals surface area contributed by atoms with Crippen LogP contribution in [-0.4, -0.2) is 78.1 Å². The SMILES string of the molecule is COCCCC[C@@](O)(c1cccc(Cl)c1F)C1CCCN(C(=O)NC2CN(C(=O)O)CCC2C2CCCCC2)C1. The Balaban J connectivity index is 1.50. The highest BCUT2D eigenvalue weighted by Gasteiger charge is 2.44. The van der Waals surface area contributed by atoms with Gasteiger partial charge in [-0.25, -0.2) is 14.0 Å². The molecule has 4 atom stereocenters. The van der Waals surface area contributed by atoms with Crippen molar-refractivity contribution in [1.29, 1.82) is 0 Å². The molecule has 1 aromatic rings. The van der Waals surface area contributed by atoms with Crippen LogP contribution in [0.5, 0.6) is 0 Å². The van der Waals surface area contributed by atoms with Gasteiger partial charge in [0, 0.05) is 51.4 Å². The molecule has 4 rings (SSSR count). The number of carbonyl (C=O) groups excluding carboxylic acids is 1. The van der Waals surface area contributed by atoms with E-state index in [1.807, 2.05) is 0 Å². The Kier molecular flexibility index (Phi) is 10.9. The summed E-state index contributed by atoms with van der Waals surface area (Å²) in [6.07, 6.45) is 8.65. The monoisotopic (exact) mass is 581 g/mol. The Hall–Kier alpha value is -2.10. The number of benzene rings is 1. The number of urea groups is 1. The average molecular weight is 582 g/mol. The van der Waals surface area contributed by atoms with Crippen LogP contribution in [0.15, 0.2) is 18.2 Å². The van der Waals surface area contributed by atoms with E-state index in [1.54, 1.807) is 24.1 Å². The minimum absolute atomic E-state index is 0.0349. The molecule has 2 saturated heterocycles. The lowest BCUT2D eigenvalue weighted by atomic mass is 9.73. The molecule has 40 heavy (non-hydrogen) atoms. The number of aliphatic hydroxyl groups is 1. The Morgan fingerprint density at radius 2 is 1.85 bits per heavy atom. The van der Waals surface area contributed by atoms with Gasteiger partial charge in [0.25, 0.3) is 0 Å². The highest BCUT2D eigenvalue weighted by Crippen LogP contribution is 2.42. The largest absolute Gasteiger partial charge is 0.465 e. The number of halogens is 2. The van der Waals surface area contributed by atoms with Crippen molar-refractivity contribution in [1.82, 2.24) is 15.1 Å². The summed E-state index contributed by atoms with van der Waals surface area (Å²) in [6.45, 7) is 2.14. The number of likely N-dealkylation sites (tertiary alicyclic amines) is 2. The quantitative estimate of drug-likeness (QED) is 0.317. The second-order valence-electron chi connectivity index (χ2n) is 11.9. The van der Waals surface area contributed by atoms with Crippen molar-refractivity contribution in [3.05, 3.63) is 34.6 Å². The van der Waals surface area contributed by atoms with E-state index in [9.17, 15) is 19.8 Å². The van der Waals surface area contributed by atoms with E-state index >= 15 is 4.39 Å². The summed E-state index contributed by atoms with van der Waals surface area (Å²) < 4.78 is 20.4. The zero-order valence-electron chi connectivity index (χ0n) is 23.6. The van der Waals surface area contributed by atoms with Crippen molar-refractivity contribution in [2.24, 2.45) is 17.8 Å². The number of nitrogens with zero attached hydrogens (tertiary/aromatic N) is 2. The molecule has 0 aromatic heterocycles. The molecule has 8 nitrogen and oxygen atoms in total. The molecule has 3 N–H and O–H groups in total. The van der Waals surface area contributed by atoms with Gasteiger partial charge >= 0.3 is 12.1 Å². The number of amides is 3. The maximum atomic E-state index is 15.3. The van der Waals surface area contributed by atoms with Crippen molar-refractivity contribution < 1.29 is 28.9 Å². The molecule has 1 saturated carbocycles. The minimum Gasteiger partial charge on any atom is -0.465 e. The molecule has 0 bridgehead atoms. The first kappa shape index (κ1) is 30.8. The molecule has 2 aliphatic heterocycles. The lowest BCUT2D eigenvalue weighted by Crippen LogP contribution is -2.59. The molecule has 0 spiro atoms. The Bertz CT molecular complexity index is 1010. The van der Waals surface area contributed by atoms with Crippen LogP contribution >= 0.6 is 11.6 Å². The number of piperidine rings is 2. The number of rotatable bonds is 9. The van der Waals surface area contributed by atoms with Gasteiger partial charge in [0.15, 0.2) is 0 Å². The Morgan fingerprint density at radius 3 is 2.58 bits per heavy atom. The first-order valence-corrected chi connectivity index (χ1v) is 15.3. The summed E-state index contributed by atoms with van der Waals surface area (Å²) in [5.41, 5.74) is -1.32. The number of hydrogen-bond acceptors (Lipinski definition) is 4. The molecule has 1 aromatic carbocycles. The number of ether oxygens (including phenoxy) is 1. The highest BCUT2D eigenvalue weighted by molar-refractivity contribution is 6.30. The predicted molar refractivity (Wildman–Crippen MR) is 152 cm³/mol. The summed E-state index contributed by atoms with van der Waals surface area (Å²) in [5.74, 6) is -0.254. The summed E-state index contributed by atoms with van der Waals surface area (Å²) in [5, 5.41) is 24.9. The van der Waals surface area contributed by atoms with Gasteiger partial charge in [0.2, 0.25) is 0 Å². The van der Waals surface area contributed by atoms with Crippen LogP contribution in [0.4, 0.5) is 14.0 Å². The fraction of sp³-hybridized carbons (Fsp3) is 0.733. The van der Waals surface area contributed by atoms with Crippen LogP contribution in [0, 0.1) is 23.6 Å². The van der Waals surface area contributed by atoms with Gasteiger partial charge < -0.3 is 30.1 Å². The van der Waals surface area contributed by atoms with E-state index in [0.717, 1.165) is 25.7 Å². The van der Waals surface area contributed by atoms with Crippen LogP contribution in [0.3, 0.4) is 0 Å². The lowest BCUT2D eigenvalue weighted by molar-refractivity contribution is -0.0590. The number of methoxy groups -OCH3 is 1. The number of nitrogens with one attached hydrogen (secondary N) is 1.